The molecule has 0 spiro atoms. The molecule has 1 unspecified atom stereocenters. The van der Waals surface area contributed by atoms with Crippen molar-refractivity contribution in [1.82, 2.24) is 4.72 Å². The minimum Gasteiger partial charge on any atom is -0.274 e. The van der Waals surface area contributed by atoms with E-state index in [-0.39, 0.29) is 5.91 Å². The molecule has 0 fully saturated rings. The van der Waals surface area contributed by atoms with Crippen molar-refractivity contribution < 1.29 is 9.00 Å². The molecule has 1 aromatic rings. The van der Waals surface area contributed by atoms with E-state index in [0.717, 1.165) is 10.5 Å². The van der Waals surface area contributed by atoms with Gasteiger partial charge >= 0.3 is 0 Å². The maximum absolute atomic E-state index is 11.3. The van der Waals surface area contributed by atoms with Crippen LogP contribution in [0.3, 0.4) is 0 Å². The summed E-state index contributed by atoms with van der Waals surface area (Å²) in [4.78, 5) is 11.7. The average Bonchev–Trinajstić information content (AvgIpc) is 2.04. The number of nitrogens with one attached hydrogen (secondary N) is 1. The lowest BCUT2D eigenvalue weighted by molar-refractivity contribution is -0.118. The van der Waals surface area contributed by atoms with Gasteiger partial charge in [-0.3, -0.25) is 9.52 Å². The van der Waals surface area contributed by atoms with Gasteiger partial charge in [0.15, 0.2) is 11.0 Å². The van der Waals surface area contributed by atoms with Gasteiger partial charge in [-0.05, 0) is 11.6 Å². The van der Waals surface area contributed by atoms with Crippen molar-refractivity contribution in [3.63, 3.8) is 0 Å². The van der Waals surface area contributed by atoms with Crippen molar-refractivity contribution in [3.05, 3.63) is 29.8 Å². The molecule has 2 rings (SSSR count). The first-order valence-corrected chi connectivity index (χ1v) is 4.71. The van der Waals surface area contributed by atoms with E-state index in [9.17, 15) is 9.00 Å². The van der Waals surface area contributed by atoms with Gasteiger partial charge in [-0.1, -0.05) is 18.2 Å². The number of amides is 1. The highest BCUT2D eigenvalue weighted by Gasteiger charge is 2.19. The van der Waals surface area contributed by atoms with Gasteiger partial charge in [0.05, 0.1) is 11.3 Å². The second-order valence-electron chi connectivity index (χ2n) is 2.58. The third-order valence-corrected chi connectivity index (χ3v) is 2.94. The summed E-state index contributed by atoms with van der Waals surface area (Å²) < 4.78 is 13.6. The molecule has 0 saturated carbocycles. The number of fused-ring (bicyclic) bond motifs is 1. The molecule has 1 heterocycles. The number of hydrogen-bond acceptors (Lipinski definition) is 2. The van der Waals surface area contributed by atoms with Crippen LogP contribution < -0.4 is 4.72 Å². The molecule has 0 bridgehead atoms. The van der Waals surface area contributed by atoms with Gasteiger partial charge in [0.25, 0.3) is 0 Å². The van der Waals surface area contributed by atoms with E-state index in [1.54, 1.807) is 6.07 Å². The highest BCUT2D eigenvalue weighted by molar-refractivity contribution is 7.83. The number of carbonyl (C=O) groups is 1. The molecule has 0 aliphatic carbocycles. The maximum atomic E-state index is 11.3. The molecular formula is C8H7NO2S. The molecule has 3 nitrogen and oxygen atoms in total. The van der Waals surface area contributed by atoms with Crippen LogP contribution in [0.5, 0.6) is 0 Å². The van der Waals surface area contributed by atoms with Crippen LogP contribution in [0.1, 0.15) is 5.56 Å². The van der Waals surface area contributed by atoms with Gasteiger partial charge in [-0.2, -0.15) is 0 Å². The number of carbonyl (C=O) groups excluding carboxylic acids is 1. The highest BCUT2D eigenvalue weighted by Crippen LogP contribution is 2.16. The third-order valence-electron chi connectivity index (χ3n) is 1.73. The summed E-state index contributed by atoms with van der Waals surface area (Å²) in [5.74, 6) is -0.174. The SMILES string of the molecule is O=C1Cc2ccccc2S(=O)N1. The summed E-state index contributed by atoms with van der Waals surface area (Å²) in [5.41, 5.74) is 0.861. The Morgan fingerprint density at radius 3 is 2.92 bits per heavy atom. The Bertz CT molecular complexity index is 362. The Labute approximate surface area is 72.4 Å². The van der Waals surface area contributed by atoms with Crippen molar-refractivity contribution >= 4 is 16.9 Å². The van der Waals surface area contributed by atoms with Gasteiger partial charge in [0.2, 0.25) is 5.91 Å². The molecule has 1 aliphatic heterocycles. The summed E-state index contributed by atoms with van der Waals surface area (Å²) in [7, 11) is -1.34. The van der Waals surface area contributed by atoms with E-state index in [1.807, 2.05) is 18.2 Å². The van der Waals surface area contributed by atoms with Crippen LogP contribution in [0.2, 0.25) is 0 Å². The predicted octanol–water partition coefficient (Wildman–Crippen LogP) is 0.382. The van der Waals surface area contributed by atoms with Crippen molar-refractivity contribution in [2.24, 2.45) is 0 Å². The van der Waals surface area contributed by atoms with E-state index in [2.05, 4.69) is 4.72 Å². The topological polar surface area (TPSA) is 46.2 Å². The zero-order valence-corrected chi connectivity index (χ0v) is 7.06. The summed E-state index contributed by atoms with van der Waals surface area (Å²) in [6.45, 7) is 0. The minimum absolute atomic E-state index is 0.174. The van der Waals surface area contributed by atoms with Crippen LogP contribution in [-0.4, -0.2) is 10.1 Å². The molecule has 1 aromatic carbocycles. The molecule has 1 atom stereocenters. The molecule has 1 amide bonds. The first kappa shape index (κ1) is 7.49. The van der Waals surface area contributed by atoms with Gasteiger partial charge in [0.1, 0.15) is 0 Å². The quantitative estimate of drug-likeness (QED) is 0.629. The van der Waals surface area contributed by atoms with Crippen molar-refractivity contribution in [1.29, 1.82) is 0 Å². The summed E-state index contributed by atoms with van der Waals surface area (Å²) in [6, 6.07) is 7.25. The Kier molecular flexibility index (Phi) is 1.69. The third kappa shape index (κ3) is 1.14. The van der Waals surface area contributed by atoms with E-state index < -0.39 is 11.0 Å². The number of benzene rings is 1. The summed E-state index contributed by atoms with van der Waals surface area (Å²) >= 11 is 0. The van der Waals surface area contributed by atoms with Gasteiger partial charge in [-0.25, -0.2) is 4.21 Å². The fraction of sp³-hybridized carbons (Fsp3) is 0.125. The molecule has 62 valence electrons. The van der Waals surface area contributed by atoms with Gasteiger partial charge in [-0.15, -0.1) is 0 Å². The van der Waals surface area contributed by atoms with Crippen LogP contribution >= 0.6 is 0 Å². The van der Waals surface area contributed by atoms with Crippen molar-refractivity contribution in [2.75, 3.05) is 0 Å². The lowest BCUT2D eigenvalue weighted by Crippen LogP contribution is -2.32. The van der Waals surface area contributed by atoms with Crippen LogP contribution in [0.25, 0.3) is 0 Å². The smallest absolute Gasteiger partial charge is 0.236 e. The minimum atomic E-state index is -1.34. The number of hydrogen-bond donors (Lipinski definition) is 1. The monoisotopic (exact) mass is 181 g/mol. The summed E-state index contributed by atoms with van der Waals surface area (Å²) in [6.07, 6.45) is 0.335. The molecule has 0 aromatic heterocycles. The highest BCUT2D eigenvalue weighted by atomic mass is 32.2. The largest absolute Gasteiger partial charge is 0.274 e. The molecular weight excluding hydrogens is 174 g/mol. The van der Waals surface area contributed by atoms with E-state index >= 15 is 0 Å². The van der Waals surface area contributed by atoms with Crippen LogP contribution in [0.4, 0.5) is 0 Å². The van der Waals surface area contributed by atoms with Gasteiger partial charge < -0.3 is 0 Å². The van der Waals surface area contributed by atoms with Crippen LogP contribution in [0, 0.1) is 0 Å². The molecule has 4 heteroatoms. The fourth-order valence-electron chi connectivity index (χ4n) is 1.20. The molecule has 1 N–H and O–H groups in total. The Morgan fingerprint density at radius 1 is 1.33 bits per heavy atom. The first-order chi connectivity index (χ1) is 5.77. The Morgan fingerprint density at radius 2 is 2.08 bits per heavy atom. The van der Waals surface area contributed by atoms with E-state index in [0.29, 0.717) is 6.42 Å². The molecule has 0 saturated heterocycles. The first-order valence-electron chi connectivity index (χ1n) is 3.56. The normalized spacial score (nSPS) is 21.3. The van der Waals surface area contributed by atoms with E-state index in [4.69, 9.17) is 0 Å². The van der Waals surface area contributed by atoms with Crippen LogP contribution in [-0.2, 0) is 22.2 Å². The van der Waals surface area contributed by atoms with Crippen LogP contribution in [0.15, 0.2) is 29.2 Å². The average molecular weight is 181 g/mol. The van der Waals surface area contributed by atoms with E-state index in [1.165, 1.54) is 0 Å². The Hall–Kier alpha value is -1.16. The van der Waals surface area contributed by atoms with Crippen molar-refractivity contribution in [3.8, 4) is 0 Å². The zero-order chi connectivity index (χ0) is 8.55. The summed E-state index contributed by atoms with van der Waals surface area (Å²) in [5, 5.41) is 0. The standard InChI is InChI=1S/C8H7NO2S/c10-8-5-6-3-1-2-4-7(6)12(11)9-8/h1-4H,5H2,(H,9,10). The maximum Gasteiger partial charge on any atom is 0.236 e. The second kappa shape index (κ2) is 2.71. The van der Waals surface area contributed by atoms with Crippen molar-refractivity contribution in [2.45, 2.75) is 11.3 Å². The molecule has 12 heavy (non-hydrogen) atoms. The lowest BCUT2D eigenvalue weighted by Gasteiger charge is -2.14. The zero-order valence-electron chi connectivity index (χ0n) is 6.24. The second-order valence-corrected chi connectivity index (χ2v) is 3.76. The molecule has 1 aliphatic rings. The predicted molar refractivity (Wildman–Crippen MR) is 44.7 cm³/mol. The lowest BCUT2D eigenvalue weighted by atomic mass is 10.1. The number of rotatable bonds is 0. The fourth-order valence-corrected chi connectivity index (χ4v) is 2.17. The van der Waals surface area contributed by atoms with Gasteiger partial charge in [0, 0.05) is 0 Å². The Balaban J connectivity index is 2.54. The molecule has 0 radical (unpaired) electrons.